The molecule has 2 amide bonds. The molecule has 4 heteroatoms. The van der Waals surface area contributed by atoms with Crippen molar-refractivity contribution in [3.8, 4) is 5.75 Å². The highest BCUT2D eigenvalue weighted by atomic mass is 16.3. The Morgan fingerprint density at radius 3 is 2.47 bits per heavy atom. The molecule has 1 heterocycles. The Balaban J connectivity index is 2.22. The maximum absolute atomic E-state index is 12.4. The number of hydrogen-bond donors (Lipinski definition) is 1. The van der Waals surface area contributed by atoms with Crippen LogP contribution in [0.3, 0.4) is 0 Å². The predicted molar refractivity (Wildman–Crippen MR) is 71.3 cm³/mol. The molecule has 0 atom stereocenters. The minimum Gasteiger partial charge on any atom is -0.508 e. The molecule has 102 valence electrons. The number of benzene rings is 1. The van der Waals surface area contributed by atoms with Crippen LogP contribution in [0.25, 0.3) is 0 Å². The first kappa shape index (κ1) is 13.6. The van der Waals surface area contributed by atoms with E-state index < -0.39 is 5.41 Å². The second-order valence-electron chi connectivity index (χ2n) is 5.12. The van der Waals surface area contributed by atoms with E-state index in [1.165, 1.54) is 4.90 Å². The van der Waals surface area contributed by atoms with Gasteiger partial charge in [-0.2, -0.15) is 0 Å². The van der Waals surface area contributed by atoms with Crippen LogP contribution in [-0.2, 0) is 16.1 Å². The lowest BCUT2D eigenvalue weighted by atomic mass is 9.81. The zero-order valence-corrected chi connectivity index (χ0v) is 11.3. The van der Waals surface area contributed by atoms with E-state index in [2.05, 4.69) is 0 Å². The van der Waals surface area contributed by atoms with Gasteiger partial charge in [-0.15, -0.1) is 0 Å². The molecule has 1 aliphatic heterocycles. The molecule has 0 spiro atoms. The Hall–Kier alpha value is -1.84. The highest BCUT2D eigenvalue weighted by Crippen LogP contribution is 2.39. The molecule has 0 aromatic heterocycles. The smallest absolute Gasteiger partial charge is 0.236 e. The van der Waals surface area contributed by atoms with Crippen LogP contribution in [0.4, 0.5) is 0 Å². The Labute approximate surface area is 113 Å². The molecular weight excluding hydrogens is 242 g/mol. The summed E-state index contributed by atoms with van der Waals surface area (Å²) in [6.07, 6.45) is 1.67. The highest BCUT2D eigenvalue weighted by molar-refractivity contribution is 6.05. The summed E-state index contributed by atoms with van der Waals surface area (Å²) < 4.78 is 0. The van der Waals surface area contributed by atoms with Crippen molar-refractivity contribution in [3.63, 3.8) is 0 Å². The van der Waals surface area contributed by atoms with Gasteiger partial charge in [-0.05, 0) is 30.5 Å². The number of phenolic OH excluding ortho intramolecular Hbond substituents is 1. The second kappa shape index (κ2) is 5.03. The number of imide groups is 1. The first-order valence-corrected chi connectivity index (χ1v) is 6.65. The molecule has 4 nitrogen and oxygen atoms in total. The normalized spacial score (nSPS) is 18.1. The van der Waals surface area contributed by atoms with Crippen molar-refractivity contribution >= 4 is 11.8 Å². The number of carbonyl (C=O) groups is 2. The average molecular weight is 261 g/mol. The van der Waals surface area contributed by atoms with Gasteiger partial charge in [0.1, 0.15) is 5.75 Å². The fraction of sp³-hybridized carbons (Fsp3) is 0.467. The molecule has 1 aromatic rings. The number of carbonyl (C=O) groups excluding carboxylic acids is 2. The van der Waals surface area contributed by atoms with Gasteiger partial charge >= 0.3 is 0 Å². The summed E-state index contributed by atoms with van der Waals surface area (Å²) >= 11 is 0. The summed E-state index contributed by atoms with van der Waals surface area (Å²) in [6.45, 7) is 4.15. The Morgan fingerprint density at radius 1 is 1.26 bits per heavy atom. The van der Waals surface area contributed by atoms with Gasteiger partial charge in [0.15, 0.2) is 0 Å². The summed E-state index contributed by atoms with van der Waals surface area (Å²) in [5.74, 6) is -0.0447. The quantitative estimate of drug-likeness (QED) is 0.847. The van der Waals surface area contributed by atoms with Crippen molar-refractivity contribution in [2.45, 2.75) is 39.7 Å². The zero-order chi connectivity index (χ0) is 14.0. The lowest BCUT2D eigenvalue weighted by Crippen LogP contribution is -2.34. The third-order valence-corrected chi connectivity index (χ3v) is 4.09. The second-order valence-corrected chi connectivity index (χ2v) is 5.12. The molecule has 0 saturated carbocycles. The third kappa shape index (κ3) is 2.35. The van der Waals surface area contributed by atoms with Crippen LogP contribution < -0.4 is 0 Å². The number of aromatic hydroxyl groups is 1. The Bertz CT molecular complexity index is 506. The van der Waals surface area contributed by atoms with E-state index in [0.717, 1.165) is 5.56 Å². The number of phenols is 1. The van der Waals surface area contributed by atoms with Crippen molar-refractivity contribution in [2.24, 2.45) is 5.41 Å². The summed E-state index contributed by atoms with van der Waals surface area (Å²) in [5, 5.41) is 9.43. The molecule has 1 aliphatic rings. The van der Waals surface area contributed by atoms with Crippen molar-refractivity contribution in [3.05, 3.63) is 29.8 Å². The minimum absolute atomic E-state index is 0.0779. The lowest BCUT2D eigenvalue weighted by Gasteiger charge is -2.23. The molecule has 1 aromatic carbocycles. The molecule has 0 bridgehead atoms. The van der Waals surface area contributed by atoms with Crippen LogP contribution in [-0.4, -0.2) is 21.8 Å². The zero-order valence-electron chi connectivity index (χ0n) is 11.3. The van der Waals surface area contributed by atoms with E-state index in [1.807, 2.05) is 13.8 Å². The molecular formula is C15H19NO3. The van der Waals surface area contributed by atoms with E-state index >= 15 is 0 Å². The Kier molecular flexibility index (Phi) is 3.60. The molecule has 2 rings (SSSR count). The molecule has 0 unspecified atom stereocenters. The van der Waals surface area contributed by atoms with Gasteiger partial charge in [0, 0.05) is 6.42 Å². The van der Waals surface area contributed by atoms with Gasteiger partial charge in [0.05, 0.1) is 12.0 Å². The van der Waals surface area contributed by atoms with Gasteiger partial charge in [-0.1, -0.05) is 26.0 Å². The van der Waals surface area contributed by atoms with Crippen LogP contribution in [0, 0.1) is 5.41 Å². The van der Waals surface area contributed by atoms with E-state index in [-0.39, 0.29) is 24.1 Å². The molecule has 0 aliphatic carbocycles. The predicted octanol–water partition coefficient (Wildman–Crippen LogP) is 2.46. The van der Waals surface area contributed by atoms with Crippen LogP contribution in [0.2, 0.25) is 0 Å². The van der Waals surface area contributed by atoms with Crippen molar-refractivity contribution in [1.29, 1.82) is 0 Å². The first-order chi connectivity index (χ1) is 9.02. The summed E-state index contributed by atoms with van der Waals surface area (Å²) in [4.78, 5) is 25.8. The number of amides is 2. The first-order valence-electron chi connectivity index (χ1n) is 6.65. The van der Waals surface area contributed by atoms with Crippen LogP contribution in [0.1, 0.15) is 38.7 Å². The standard InChI is InChI=1S/C15H19NO3/c1-3-15(4-2)9-13(18)16(14(15)19)10-11-6-5-7-12(17)8-11/h5-8,17H,3-4,9-10H2,1-2H3. The molecule has 1 fully saturated rings. The highest BCUT2D eigenvalue weighted by Gasteiger charge is 2.48. The SMILES string of the molecule is CCC1(CC)CC(=O)N(Cc2cccc(O)c2)C1=O. The van der Waals surface area contributed by atoms with E-state index in [9.17, 15) is 14.7 Å². The minimum atomic E-state index is -0.520. The van der Waals surface area contributed by atoms with Gasteiger partial charge < -0.3 is 5.11 Å². The van der Waals surface area contributed by atoms with E-state index in [4.69, 9.17) is 0 Å². The number of likely N-dealkylation sites (tertiary alicyclic amines) is 1. The lowest BCUT2D eigenvalue weighted by molar-refractivity contribution is -0.142. The molecule has 1 saturated heterocycles. The average Bonchev–Trinajstić information content (AvgIpc) is 2.64. The maximum Gasteiger partial charge on any atom is 0.236 e. The summed E-state index contributed by atoms with van der Waals surface area (Å²) in [7, 11) is 0. The number of hydrogen-bond acceptors (Lipinski definition) is 3. The van der Waals surface area contributed by atoms with E-state index in [1.54, 1.807) is 24.3 Å². The van der Waals surface area contributed by atoms with Crippen LogP contribution >= 0.6 is 0 Å². The Morgan fingerprint density at radius 2 is 1.95 bits per heavy atom. The molecule has 1 N–H and O–H groups in total. The molecule has 19 heavy (non-hydrogen) atoms. The van der Waals surface area contributed by atoms with Crippen molar-refractivity contribution < 1.29 is 14.7 Å². The third-order valence-electron chi connectivity index (χ3n) is 4.09. The van der Waals surface area contributed by atoms with Crippen molar-refractivity contribution in [1.82, 2.24) is 4.90 Å². The molecule has 0 radical (unpaired) electrons. The number of nitrogens with zero attached hydrogens (tertiary/aromatic N) is 1. The fourth-order valence-corrected chi connectivity index (χ4v) is 2.66. The summed E-state index contributed by atoms with van der Waals surface area (Å²) in [5.41, 5.74) is 0.248. The monoisotopic (exact) mass is 261 g/mol. The van der Waals surface area contributed by atoms with Gasteiger partial charge in [0.2, 0.25) is 11.8 Å². The van der Waals surface area contributed by atoms with Crippen LogP contribution in [0.5, 0.6) is 5.75 Å². The van der Waals surface area contributed by atoms with E-state index in [0.29, 0.717) is 19.3 Å². The topological polar surface area (TPSA) is 57.6 Å². The van der Waals surface area contributed by atoms with Gasteiger partial charge in [0.25, 0.3) is 0 Å². The van der Waals surface area contributed by atoms with Gasteiger partial charge in [-0.3, -0.25) is 14.5 Å². The van der Waals surface area contributed by atoms with Gasteiger partial charge in [-0.25, -0.2) is 0 Å². The fourth-order valence-electron chi connectivity index (χ4n) is 2.66. The largest absolute Gasteiger partial charge is 0.508 e. The summed E-state index contributed by atoms with van der Waals surface area (Å²) in [6, 6.07) is 6.67. The van der Waals surface area contributed by atoms with Crippen LogP contribution in [0.15, 0.2) is 24.3 Å². The number of rotatable bonds is 4. The van der Waals surface area contributed by atoms with Crippen molar-refractivity contribution in [2.75, 3.05) is 0 Å². The maximum atomic E-state index is 12.4.